The lowest BCUT2D eigenvalue weighted by Gasteiger charge is -2.22. The summed E-state index contributed by atoms with van der Waals surface area (Å²) in [5.41, 5.74) is 0.572. The van der Waals surface area contributed by atoms with Crippen LogP contribution >= 0.6 is 0 Å². The van der Waals surface area contributed by atoms with Crippen molar-refractivity contribution in [2.45, 2.75) is 24.4 Å². The molecule has 5 heteroatoms. The van der Waals surface area contributed by atoms with E-state index in [0.29, 0.717) is 0 Å². The van der Waals surface area contributed by atoms with E-state index in [1.165, 1.54) is 7.11 Å². The smallest absolute Gasteiger partial charge is 0.333 e. The van der Waals surface area contributed by atoms with Crippen molar-refractivity contribution in [3.05, 3.63) is 18.0 Å². The molecular weight excluding hydrogens is 196 g/mol. The normalized spacial score (nSPS) is 19.9. The Bertz CT molecular complexity index is 382. The highest BCUT2D eigenvalue weighted by molar-refractivity contribution is 5.75. The van der Waals surface area contributed by atoms with Crippen molar-refractivity contribution in [2.75, 3.05) is 7.11 Å². The number of methoxy groups -OCH3 is 1. The van der Waals surface area contributed by atoms with Gasteiger partial charge in [-0.3, -0.25) is 4.68 Å². The van der Waals surface area contributed by atoms with Gasteiger partial charge in [-0.2, -0.15) is 5.10 Å². The van der Waals surface area contributed by atoms with Crippen molar-refractivity contribution in [3.8, 4) is 0 Å². The summed E-state index contributed by atoms with van der Waals surface area (Å²) in [5.74, 6) is -0.906. The molecule has 0 amide bonds. The summed E-state index contributed by atoms with van der Waals surface area (Å²) < 4.78 is 6.80. The summed E-state index contributed by atoms with van der Waals surface area (Å²) >= 11 is 0. The van der Waals surface area contributed by atoms with Crippen LogP contribution in [0.15, 0.2) is 12.3 Å². The third kappa shape index (κ3) is 1.43. The fraction of sp³-hybridized carbons (Fsp3) is 0.600. The highest BCUT2D eigenvalue weighted by Crippen LogP contribution is 2.51. The van der Waals surface area contributed by atoms with Gasteiger partial charge in [-0.05, 0) is 18.9 Å². The lowest BCUT2D eigenvalue weighted by molar-refractivity contribution is -0.150. The summed E-state index contributed by atoms with van der Waals surface area (Å²) in [6.07, 6.45) is 2.60. The first kappa shape index (κ1) is 10.2. The van der Waals surface area contributed by atoms with Crippen LogP contribution in [0.5, 0.6) is 0 Å². The Morgan fingerprint density at radius 3 is 2.73 bits per heavy atom. The van der Waals surface area contributed by atoms with Crippen LogP contribution in [0.25, 0.3) is 0 Å². The molecule has 0 radical (unpaired) electrons. The molecule has 1 unspecified atom stereocenters. The van der Waals surface area contributed by atoms with Crippen molar-refractivity contribution in [1.82, 2.24) is 9.78 Å². The van der Waals surface area contributed by atoms with Crippen molar-refractivity contribution < 1.29 is 14.6 Å². The molecule has 1 aromatic rings. The molecule has 0 saturated heterocycles. The predicted molar refractivity (Wildman–Crippen MR) is 52.6 cm³/mol. The predicted octanol–water partition coefficient (Wildman–Crippen LogP) is 0.551. The Morgan fingerprint density at radius 1 is 1.73 bits per heavy atom. The van der Waals surface area contributed by atoms with E-state index in [1.807, 2.05) is 13.1 Å². The van der Waals surface area contributed by atoms with Crippen molar-refractivity contribution >= 4 is 5.97 Å². The molecule has 1 aliphatic rings. The molecule has 1 atom stereocenters. The summed E-state index contributed by atoms with van der Waals surface area (Å²) in [6.45, 7) is 0. The summed E-state index contributed by atoms with van der Waals surface area (Å²) in [6, 6.07) is 1.86. The lowest BCUT2D eigenvalue weighted by Crippen LogP contribution is -2.37. The number of carboxylic acid groups (broad SMARTS) is 1. The minimum Gasteiger partial charge on any atom is -0.479 e. The van der Waals surface area contributed by atoms with Gasteiger partial charge in [-0.1, -0.05) is 0 Å². The number of hydrogen-bond acceptors (Lipinski definition) is 3. The summed E-state index contributed by atoms with van der Waals surface area (Å²) in [5, 5.41) is 13.2. The maximum atomic E-state index is 11.1. The maximum Gasteiger partial charge on any atom is 0.333 e. The molecule has 5 nitrogen and oxygen atoms in total. The molecule has 2 rings (SSSR count). The van der Waals surface area contributed by atoms with E-state index in [-0.39, 0.29) is 5.41 Å². The van der Waals surface area contributed by atoms with Gasteiger partial charge >= 0.3 is 5.97 Å². The van der Waals surface area contributed by atoms with Gasteiger partial charge in [-0.15, -0.1) is 0 Å². The van der Waals surface area contributed by atoms with E-state index in [2.05, 4.69) is 5.10 Å². The quantitative estimate of drug-likeness (QED) is 0.788. The zero-order valence-corrected chi connectivity index (χ0v) is 8.80. The Morgan fingerprint density at radius 2 is 2.40 bits per heavy atom. The minimum absolute atomic E-state index is 0.369. The molecule has 0 bridgehead atoms. The topological polar surface area (TPSA) is 64.3 Å². The van der Waals surface area contributed by atoms with Crippen molar-refractivity contribution in [1.29, 1.82) is 0 Å². The number of hydrogen-bond donors (Lipinski definition) is 1. The molecule has 82 valence electrons. The Kier molecular flexibility index (Phi) is 2.26. The van der Waals surface area contributed by atoms with Crippen molar-refractivity contribution in [3.63, 3.8) is 0 Å². The van der Waals surface area contributed by atoms with Gasteiger partial charge in [0, 0.05) is 31.5 Å². The van der Waals surface area contributed by atoms with Crippen LogP contribution in [0.2, 0.25) is 0 Å². The fourth-order valence-corrected chi connectivity index (χ4v) is 2.21. The first-order chi connectivity index (χ1) is 7.12. The van der Waals surface area contributed by atoms with E-state index in [9.17, 15) is 4.79 Å². The largest absolute Gasteiger partial charge is 0.479 e. The summed E-state index contributed by atoms with van der Waals surface area (Å²) in [4.78, 5) is 11.1. The number of rotatable bonds is 4. The van der Waals surface area contributed by atoms with Gasteiger partial charge in [0.15, 0.2) is 6.10 Å². The molecule has 1 heterocycles. The molecule has 1 saturated carbocycles. The average molecular weight is 210 g/mol. The number of ether oxygens (including phenoxy) is 1. The second-order valence-corrected chi connectivity index (χ2v) is 3.95. The van der Waals surface area contributed by atoms with Crippen LogP contribution in [0.3, 0.4) is 0 Å². The second kappa shape index (κ2) is 3.34. The Hall–Kier alpha value is -1.36. The first-order valence-electron chi connectivity index (χ1n) is 4.86. The molecule has 15 heavy (non-hydrogen) atoms. The number of aromatic nitrogens is 2. The number of aliphatic carboxylic acids is 1. The van der Waals surface area contributed by atoms with Gasteiger partial charge in [0.2, 0.25) is 0 Å². The Labute approximate surface area is 87.7 Å². The van der Waals surface area contributed by atoms with Gasteiger partial charge in [0.25, 0.3) is 0 Å². The van der Waals surface area contributed by atoms with E-state index >= 15 is 0 Å². The van der Waals surface area contributed by atoms with Gasteiger partial charge in [0.1, 0.15) is 0 Å². The molecule has 0 spiro atoms. The van der Waals surface area contributed by atoms with Crippen LogP contribution in [0, 0.1) is 0 Å². The van der Waals surface area contributed by atoms with Crippen LogP contribution < -0.4 is 0 Å². The Balaban J connectivity index is 2.35. The number of aryl methyl sites for hydroxylation is 1. The maximum absolute atomic E-state index is 11.1. The van der Waals surface area contributed by atoms with Gasteiger partial charge in [0.05, 0.1) is 0 Å². The highest BCUT2D eigenvalue weighted by atomic mass is 16.5. The van der Waals surface area contributed by atoms with E-state index in [4.69, 9.17) is 9.84 Å². The molecule has 0 aliphatic heterocycles. The lowest BCUT2D eigenvalue weighted by atomic mass is 9.95. The van der Waals surface area contributed by atoms with Crippen molar-refractivity contribution in [2.24, 2.45) is 7.05 Å². The summed E-state index contributed by atoms with van der Waals surface area (Å²) in [7, 11) is 3.26. The molecule has 0 aromatic carbocycles. The standard InChI is InChI=1S/C10H14N2O3/c1-12-7(3-6-11-12)10(4-5-10)8(15-2)9(13)14/h3,6,8H,4-5H2,1-2H3,(H,13,14). The molecular formula is C10H14N2O3. The molecule has 1 aliphatic carbocycles. The van der Waals surface area contributed by atoms with E-state index in [0.717, 1.165) is 18.5 Å². The van der Waals surface area contributed by atoms with Crippen LogP contribution in [-0.2, 0) is 22.0 Å². The van der Waals surface area contributed by atoms with Crippen LogP contribution in [-0.4, -0.2) is 34.1 Å². The third-order valence-corrected chi connectivity index (χ3v) is 3.08. The zero-order valence-electron chi connectivity index (χ0n) is 8.80. The minimum atomic E-state index is -0.906. The average Bonchev–Trinajstić information content (AvgIpc) is 2.83. The van der Waals surface area contributed by atoms with E-state index in [1.54, 1.807) is 10.9 Å². The number of carbonyl (C=O) groups is 1. The monoisotopic (exact) mass is 210 g/mol. The zero-order chi connectivity index (χ0) is 11.1. The highest BCUT2D eigenvalue weighted by Gasteiger charge is 2.56. The van der Waals surface area contributed by atoms with Crippen LogP contribution in [0.4, 0.5) is 0 Å². The van der Waals surface area contributed by atoms with Crippen LogP contribution in [0.1, 0.15) is 18.5 Å². The molecule has 1 fully saturated rings. The van der Waals surface area contributed by atoms with Gasteiger partial charge in [-0.25, -0.2) is 4.79 Å². The number of nitrogens with zero attached hydrogens (tertiary/aromatic N) is 2. The number of carboxylic acids is 1. The molecule has 1 aromatic heterocycles. The van der Waals surface area contributed by atoms with E-state index < -0.39 is 12.1 Å². The molecule has 1 N–H and O–H groups in total. The second-order valence-electron chi connectivity index (χ2n) is 3.95. The fourth-order valence-electron chi connectivity index (χ4n) is 2.21. The SMILES string of the molecule is COC(C(=O)O)C1(c2ccnn2C)CC1. The third-order valence-electron chi connectivity index (χ3n) is 3.08. The van der Waals surface area contributed by atoms with Gasteiger partial charge < -0.3 is 9.84 Å². The first-order valence-corrected chi connectivity index (χ1v) is 4.86.